The summed E-state index contributed by atoms with van der Waals surface area (Å²) in [6, 6.07) is 22.1. The third kappa shape index (κ3) is 4.77. The van der Waals surface area contributed by atoms with Crippen LogP contribution in [0.1, 0.15) is 46.4 Å². The van der Waals surface area contributed by atoms with Crippen LogP contribution < -0.4 is 9.62 Å². The first-order valence-corrected chi connectivity index (χ1v) is 14.3. The molecule has 8 heteroatoms. The number of hydrogen-bond donors (Lipinski definition) is 1. The van der Waals surface area contributed by atoms with Gasteiger partial charge < -0.3 is 4.90 Å². The minimum atomic E-state index is -3.67. The topological polar surface area (TPSA) is 86.8 Å². The van der Waals surface area contributed by atoms with Crippen LogP contribution in [0, 0.1) is 0 Å². The lowest BCUT2D eigenvalue weighted by Gasteiger charge is -2.27. The molecule has 1 heterocycles. The first-order chi connectivity index (χ1) is 18.3. The highest BCUT2D eigenvalue weighted by molar-refractivity contribution is 7.89. The van der Waals surface area contributed by atoms with E-state index in [1.165, 1.54) is 4.90 Å². The fourth-order valence-electron chi connectivity index (χ4n) is 5.21. The van der Waals surface area contributed by atoms with Crippen LogP contribution in [0.2, 0.25) is 0 Å². The number of nitrogens with one attached hydrogen (secondary N) is 1. The Morgan fingerprint density at radius 1 is 0.737 bits per heavy atom. The molecular weight excluding hydrogens is 498 g/mol. The number of benzene rings is 4. The molecule has 5 rings (SSSR count). The van der Waals surface area contributed by atoms with Crippen LogP contribution in [0.15, 0.2) is 77.7 Å². The molecule has 0 saturated heterocycles. The van der Waals surface area contributed by atoms with Gasteiger partial charge in [-0.25, -0.2) is 13.1 Å². The standard InChI is InChI=1S/C30H31N3O4S/c1-32(2)26-17-9-14-23-22(26)13-10-18-27(23)38(36,37)31-19-5-3-4-6-20-33-29(34)24-15-7-11-21-12-8-16-25(28(21)24)30(33)35/h7-18,31H,3-6,19-20H2,1-2H3. The molecule has 0 bridgehead atoms. The lowest BCUT2D eigenvalue weighted by atomic mass is 9.94. The summed E-state index contributed by atoms with van der Waals surface area (Å²) >= 11 is 0. The number of hydrogen-bond acceptors (Lipinski definition) is 5. The molecule has 0 aromatic heterocycles. The number of imide groups is 1. The van der Waals surface area contributed by atoms with E-state index < -0.39 is 10.0 Å². The minimum absolute atomic E-state index is 0.250. The molecule has 2 amide bonds. The van der Waals surface area contributed by atoms with E-state index in [1.807, 2.05) is 67.5 Å². The smallest absolute Gasteiger partial charge is 0.261 e. The number of carbonyl (C=O) groups excluding carboxylic acids is 2. The van der Waals surface area contributed by atoms with E-state index in [1.54, 1.807) is 24.3 Å². The summed E-state index contributed by atoms with van der Waals surface area (Å²) in [7, 11) is 0.203. The van der Waals surface area contributed by atoms with Crippen molar-refractivity contribution in [2.24, 2.45) is 0 Å². The van der Waals surface area contributed by atoms with Gasteiger partial charge in [-0.3, -0.25) is 14.5 Å². The average Bonchev–Trinajstić information content (AvgIpc) is 2.91. The fraction of sp³-hybridized carbons (Fsp3) is 0.267. The van der Waals surface area contributed by atoms with Gasteiger partial charge in [0.15, 0.2) is 0 Å². The molecule has 7 nitrogen and oxygen atoms in total. The van der Waals surface area contributed by atoms with Crippen molar-refractivity contribution < 1.29 is 18.0 Å². The zero-order valence-electron chi connectivity index (χ0n) is 21.6. The van der Waals surface area contributed by atoms with E-state index in [4.69, 9.17) is 0 Å². The van der Waals surface area contributed by atoms with Gasteiger partial charge in [-0.1, -0.05) is 61.4 Å². The number of carbonyl (C=O) groups is 2. The van der Waals surface area contributed by atoms with Crippen molar-refractivity contribution in [1.29, 1.82) is 0 Å². The molecular formula is C30H31N3O4S. The molecule has 0 aliphatic carbocycles. The number of rotatable bonds is 10. The molecule has 4 aromatic rings. The summed E-state index contributed by atoms with van der Waals surface area (Å²) in [5.41, 5.74) is 2.10. The molecule has 0 saturated carbocycles. The predicted molar refractivity (Wildman–Crippen MR) is 151 cm³/mol. The molecule has 4 aromatic carbocycles. The predicted octanol–water partition coefficient (Wildman–Crippen LogP) is 5.19. The third-order valence-corrected chi connectivity index (χ3v) is 8.61. The Kier molecular flexibility index (Phi) is 7.19. The Bertz CT molecular complexity index is 1600. The van der Waals surface area contributed by atoms with E-state index in [-0.39, 0.29) is 16.7 Å². The van der Waals surface area contributed by atoms with E-state index in [0.29, 0.717) is 42.4 Å². The number of sulfonamides is 1. The number of unbranched alkanes of at least 4 members (excludes halogenated alkanes) is 3. The van der Waals surface area contributed by atoms with Crippen LogP contribution in [0.3, 0.4) is 0 Å². The quantitative estimate of drug-likeness (QED) is 0.226. The Morgan fingerprint density at radius 3 is 2.03 bits per heavy atom. The van der Waals surface area contributed by atoms with Crippen LogP contribution in [0.4, 0.5) is 5.69 Å². The van der Waals surface area contributed by atoms with Gasteiger partial charge in [0.05, 0.1) is 4.90 Å². The summed E-state index contributed by atoms with van der Waals surface area (Å²) in [6.07, 6.45) is 2.90. The number of anilines is 1. The molecule has 1 aliphatic rings. The molecule has 196 valence electrons. The summed E-state index contributed by atoms with van der Waals surface area (Å²) in [4.78, 5) is 29.6. The number of amides is 2. The van der Waals surface area contributed by atoms with Gasteiger partial charge in [-0.2, -0.15) is 0 Å². The van der Waals surface area contributed by atoms with Crippen molar-refractivity contribution in [1.82, 2.24) is 9.62 Å². The Labute approximate surface area is 223 Å². The second-order valence-corrected chi connectivity index (χ2v) is 11.5. The molecule has 1 N–H and O–H groups in total. The van der Waals surface area contributed by atoms with E-state index in [2.05, 4.69) is 4.72 Å². The Hall–Kier alpha value is -3.75. The molecule has 0 spiro atoms. The van der Waals surface area contributed by atoms with Crippen molar-refractivity contribution in [2.75, 3.05) is 32.1 Å². The largest absolute Gasteiger partial charge is 0.377 e. The van der Waals surface area contributed by atoms with E-state index in [9.17, 15) is 18.0 Å². The van der Waals surface area contributed by atoms with Crippen molar-refractivity contribution in [2.45, 2.75) is 30.6 Å². The molecule has 0 fully saturated rings. The van der Waals surface area contributed by atoms with E-state index in [0.717, 1.165) is 34.7 Å². The molecule has 0 radical (unpaired) electrons. The lowest BCUT2D eigenvalue weighted by Crippen LogP contribution is -2.40. The molecule has 38 heavy (non-hydrogen) atoms. The summed E-state index contributed by atoms with van der Waals surface area (Å²) in [5.74, 6) is -0.501. The zero-order valence-corrected chi connectivity index (χ0v) is 22.4. The van der Waals surface area contributed by atoms with Gasteiger partial charge in [-0.15, -0.1) is 0 Å². The fourth-order valence-corrected chi connectivity index (χ4v) is 6.50. The first-order valence-electron chi connectivity index (χ1n) is 12.9. The maximum absolute atomic E-state index is 13.1. The highest BCUT2D eigenvalue weighted by Gasteiger charge is 2.32. The monoisotopic (exact) mass is 529 g/mol. The highest BCUT2D eigenvalue weighted by Crippen LogP contribution is 2.31. The van der Waals surface area contributed by atoms with Gasteiger partial charge in [-0.05, 0) is 42.5 Å². The normalized spacial score (nSPS) is 13.5. The second-order valence-electron chi connectivity index (χ2n) is 9.81. The van der Waals surface area contributed by atoms with Crippen molar-refractivity contribution >= 4 is 49.1 Å². The SMILES string of the molecule is CN(C)c1cccc2c(S(=O)(=O)NCCCCCCN3C(=O)c4cccc5cccc(c45)C3=O)cccc12. The maximum Gasteiger partial charge on any atom is 0.261 e. The van der Waals surface area contributed by atoms with Gasteiger partial charge in [0, 0.05) is 60.2 Å². The molecule has 1 aliphatic heterocycles. The Morgan fingerprint density at radius 2 is 1.34 bits per heavy atom. The van der Waals surface area contributed by atoms with Crippen LogP contribution in [0.25, 0.3) is 21.5 Å². The van der Waals surface area contributed by atoms with Crippen LogP contribution in [0.5, 0.6) is 0 Å². The van der Waals surface area contributed by atoms with Crippen molar-refractivity contribution in [3.63, 3.8) is 0 Å². The Balaban J connectivity index is 1.14. The maximum atomic E-state index is 13.1. The summed E-state index contributed by atoms with van der Waals surface area (Å²) in [5, 5.41) is 3.21. The van der Waals surface area contributed by atoms with Crippen molar-refractivity contribution in [3.8, 4) is 0 Å². The zero-order chi connectivity index (χ0) is 26.9. The van der Waals surface area contributed by atoms with Crippen LogP contribution in [-0.2, 0) is 10.0 Å². The highest BCUT2D eigenvalue weighted by atomic mass is 32.2. The number of nitrogens with zero attached hydrogens (tertiary/aromatic N) is 2. The summed E-state index contributed by atoms with van der Waals surface area (Å²) < 4.78 is 28.9. The number of fused-ring (bicyclic) bond motifs is 1. The van der Waals surface area contributed by atoms with Gasteiger partial charge in [0.1, 0.15) is 0 Å². The van der Waals surface area contributed by atoms with Crippen LogP contribution >= 0.6 is 0 Å². The lowest BCUT2D eigenvalue weighted by molar-refractivity contribution is 0.0607. The van der Waals surface area contributed by atoms with Crippen LogP contribution in [-0.4, -0.2) is 52.3 Å². The molecule has 0 unspecified atom stereocenters. The van der Waals surface area contributed by atoms with Gasteiger partial charge in [0.25, 0.3) is 11.8 Å². The average molecular weight is 530 g/mol. The third-order valence-electron chi connectivity index (χ3n) is 7.09. The molecule has 0 atom stereocenters. The second kappa shape index (κ2) is 10.6. The van der Waals surface area contributed by atoms with Crippen molar-refractivity contribution in [3.05, 3.63) is 83.9 Å². The van der Waals surface area contributed by atoms with E-state index >= 15 is 0 Å². The summed E-state index contributed by atoms with van der Waals surface area (Å²) in [6.45, 7) is 0.668. The minimum Gasteiger partial charge on any atom is -0.377 e. The van der Waals surface area contributed by atoms with Gasteiger partial charge in [0.2, 0.25) is 10.0 Å². The van der Waals surface area contributed by atoms with Gasteiger partial charge >= 0.3 is 0 Å². The first kappa shape index (κ1) is 25.9.